The number of rotatable bonds is 5. The van der Waals surface area contributed by atoms with Gasteiger partial charge in [0.05, 0.1) is 7.11 Å². The summed E-state index contributed by atoms with van der Waals surface area (Å²) in [5.74, 6) is 0.218. The summed E-state index contributed by atoms with van der Waals surface area (Å²) in [7, 11) is 1.30. The molecule has 1 aliphatic carbocycles. The Labute approximate surface area is 169 Å². The summed E-state index contributed by atoms with van der Waals surface area (Å²) in [6.45, 7) is 0. The predicted molar refractivity (Wildman–Crippen MR) is 109 cm³/mol. The lowest BCUT2D eigenvalue weighted by Crippen LogP contribution is -2.34. The summed E-state index contributed by atoms with van der Waals surface area (Å²) in [6.07, 6.45) is 5.86. The van der Waals surface area contributed by atoms with Crippen molar-refractivity contribution in [3.8, 4) is 0 Å². The fraction of sp³-hybridized carbons (Fsp3) is 0.348. The van der Waals surface area contributed by atoms with Crippen LogP contribution in [0.15, 0.2) is 52.9 Å². The highest BCUT2D eigenvalue weighted by atomic mass is 16.5. The number of benzene rings is 2. The average molecular weight is 392 g/mol. The average Bonchev–Trinajstić information content (AvgIpc) is 3.21. The minimum absolute atomic E-state index is 0.357. The molecule has 29 heavy (non-hydrogen) atoms. The molecule has 150 valence electrons. The van der Waals surface area contributed by atoms with E-state index in [9.17, 15) is 9.59 Å². The van der Waals surface area contributed by atoms with Crippen molar-refractivity contribution in [1.29, 1.82) is 0 Å². The van der Waals surface area contributed by atoms with Crippen molar-refractivity contribution in [1.82, 2.24) is 10.3 Å². The first-order valence-corrected chi connectivity index (χ1v) is 10.00. The summed E-state index contributed by atoms with van der Waals surface area (Å²) in [4.78, 5) is 29.6. The molecule has 1 aromatic heterocycles. The maximum atomic E-state index is 12.8. The van der Waals surface area contributed by atoms with Crippen LogP contribution in [0, 0.1) is 0 Å². The Balaban J connectivity index is 1.56. The highest BCUT2D eigenvalue weighted by Crippen LogP contribution is 2.33. The van der Waals surface area contributed by atoms with E-state index in [4.69, 9.17) is 9.15 Å². The predicted octanol–water partition coefficient (Wildman–Crippen LogP) is 4.52. The number of nitrogens with zero attached hydrogens (tertiary/aromatic N) is 1. The number of ether oxygens (including phenoxy) is 1. The lowest BCUT2D eigenvalue weighted by Gasteiger charge is -2.17. The normalized spacial score (nSPS) is 15.8. The third kappa shape index (κ3) is 4.16. The van der Waals surface area contributed by atoms with Gasteiger partial charge in [-0.3, -0.25) is 4.79 Å². The van der Waals surface area contributed by atoms with Gasteiger partial charge in [-0.25, -0.2) is 9.78 Å². The minimum atomic E-state index is -0.878. The molecule has 0 bridgehead atoms. The van der Waals surface area contributed by atoms with Crippen LogP contribution in [0.3, 0.4) is 0 Å². The number of carbonyl (C=O) groups excluding carboxylic acids is 2. The standard InChI is InChI=1S/C23H24N2O4/c1-28-23(27)20(15-8-4-2-5-9-15)25-21(26)17-12-13-18-19(14-17)29-22(24-18)16-10-6-3-7-11-16/h2,4-5,8-9,12-14,16,20H,3,6-7,10-11H2,1H3,(H,25,26)/t20-/m0/s1. The number of fused-ring (bicyclic) bond motifs is 1. The molecule has 0 unspecified atom stereocenters. The number of carbonyl (C=O) groups is 2. The van der Waals surface area contributed by atoms with E-state index in [0.717, 1.165) is 24.2 Å². The zero-order valence-electron chi connectivity index (χ0n) is 16.4. The van der Waals surface area contributed by atoms with E-state index < -0.39 is 12.0 Å². The number of esters is 1. The molecular weight excluding hydrogens is 368 g/mol. The van der Waals surface area contributed by atoms with Crippen LogP contribution < -0.4 is 5.32 Å². The van der Waals surface area contributed by atoms with E-state index >= 15 is 0 Å². The van der Waals surface area contributed by atoms with Gasteiger partial charge in [0.1, 0.15) is 5.52 Å². The first-order chi connectivity index (χ1) is 14.2. The first kappa shape index (κ1) is 19.2. The van der Waals surface area contributed by atoms with E-state index in [1.807, 2.05) is 18.2 Å². The highest BCUT2D eigenvalue weighted by molar-refractivity contribution is 5.99. The van der Waals surface area contributed by atoms with Gasteiger partial charge in [-0.15, -0.1) is 0 Å². The van der Waals surface area contributed by atoms with Gasteiger partial charge in [-0.1, -0.05) is 49.6 Å². The Morgan fingerprint density at radius 3 is 2.59 bits per heavy atom. The van der Waals surface area contributed by atoms with Gasteiger partial charge in [-0.05, 0) is 36.6 Å². The SMILES string of the molecule is COC(=O)[C@@H](NC(=O)c1ccc2nc(C3CCCCC3)oc2c1)c1ccccc1. The van der Waals surface area contributed by atoms with Crippen molar-refractivity contribution in [2.24, 2.45) is 0 Å². The van der Waals surface area contributed by atoms with E-state index in [-0.39, 0.29) is 5.91 Å². The van der Waals surface area contributed by atoms with Gasteiger partial charge in [-0.2, -0.15) is 0 Å². The van der Waals surface area contributed by atoms with Crippen LogP contribution in [0.5, 0.6) is 0 Å². The Bertz CT molecular complexity index is 1010. The fourth-order valence-electron chi connectivity index (χ4n) is 3.86. The molecule has 0 spiro atoms. The smallest absolute Gasteiger partial charge is 0.333 e. The van der Waals surface area contributed by atoms with Crippen LogP contribution in [-0.2, 0) is 9.53 Å². The number of oxazole rings is 1. The summed E-state index contributed by atoms with van der Waals surface area (Å²) in [5.41, 5.74) is 2.41. The van der Waals surface area contributed by atoms with Gasteiger partial charge in [0, 0.05) is 11.5 Å². The molecule has 0 saturated heterocycles. The molecule has 1 saturated carbocycles. The molecule has 6 heteroatoms. The first-order valence-electron chi connectivity index (χ1n) is 10.00. The molecule has 2 aromatic carbocycles. The topological polar surface area (TPSA) is 81.4 Å². The largest absolute Gasteiger partial charge is 0.467 e. The maximum Gasteiger partial charge on any atom is 0.333 e. The van der Waals surface area contributed by atoms with Crippen molar-refractivity contribution in [2.45, 2.75) is 44.1 Å². The van der Waals surface area contributed by atoms with Crippen LogP contribution >= 0.6 is 0 Å². The number of amides is 1. The molecule has 1 aliphatic rings. The van der Waals surface area contributed by atoms with Gasteiger partial charge in [0.15, 0.2) is 17.5 Å². The highest BCUT2D eigenvalue weighted by Gasteiger charge is 2.25. The maximum absolute atomic E-state index is 12.8. The second kappa shape index (κ2) is 8.47. The van der Waals surface area contributed by atoms with Crippen molar-refractivity contribution in [2.75, 3.05) is 7.11 Å². The van der Waals surface area contributed by atoms with Crippen molar-refractivity contribution >= 4 is 23.0 Å². The molecule has 6 nitrogen and oxygen atoms in total. The van der Waals surface area contributed by atoms with Crippen LogP contribution in [0.25, 0.3) is 11.1 Å². The molecule has 1 heterocycles. The molecule has 0 radical (unpaired) electrons. The monoisotopic (exact) mass is 392 g/mol. The van der Waals surface area contributed by atoms with Gasteiger partial charge < -0.3 is 14.5 Å². The lowest BCUT2D eigenvalue weighted by atomic mass is 9.89. The van der Waals surface area contributed by atoms with Crippen LogP contribution in [0.2, 0.25) is 0 Å². The Morgan fingerprint density at radius 2 is 1.86 bits per heavy atom. The third-order valence-corrected chi connectivity index (χ3v) is 5.47. The van der Waals surface area contributed by atoms with Crippen LogP contribution in [-0.4, -0.2) is 24.0 Å². The van der Waals surface area contributed by atoms with E-state index in [0.29, 0.717) is 22.6 Å². The van der Waals surface area contributed by atoms with Crippen LogP contribution in [0.4, 0.5) is 0 Å². The number of hydrogen-bond donors (Lipinski definition) is 1. The quantitative estimate of drug-likeness (QED) is 0.646. The van der Waals surface area contributed by atoms with Gasteiger partial charge >= 0.3 is 5.97 Å². The number of aromatic nitrogens is 1. The molecule has 1 atom stereocenters. The molecule has 1 amide bonds. The number of nitrogens with one attached hydrogen (secondary N) is 1. The van der Waals surface area contributed by atoms with E-state index in [1.165, 1.54) is 26.4 Å². The Morgan fingerprint density at radius 1 is 1.10 bits per heavy atom. The summed E-state index contributed by atoms with van der Waals surface area (Å²) in [6, 6.07) is 13.3. The Kier molecular flexibility index (Phi) is 5.60. The summed E-state index contributed by atoms with van der Waals surface area (Å²) in [5, 5.41) is 2.76. The molecular formula is C23H24N2O4. The van der Waals surface area contributed by atoms with Gasteiger partial charge in [0.2, 0.25) is 0 Å². The second-order valence-corrected chi connectivity index (χ2v) is 7.41. The van der Waals surface area contributed by atoms with Crippen molar-refractivity contribution in [3.05, 3.63) is 65.5 Å². The third-order valence-electron chi connectivity index (χ3n) is 5.47. The van der Waals surface area contributed by atoms with Crippen LogP contribution in [0.1, 0.15) is 65.9 Å². The zero-order chi connectivity index (χ0) is 20.2. The molecule has 1 fully saturated rings. The van der Waals surface area contributed by atoms with Crippen molar-refractivity contribution in [3.63, 3.8) is 0 Å². The number of hydrogen-bond acceptors (Lipinski definition) is 5. The molecule has 4 rings (SSSR count). The molecule has 3 aromatic rings. The second-order valence-electron chi connectivity index (χ2n) is 7.41. The van der Waals surface area contributed by atoms with Crippen molar-refractivity contribution < 1.29 is 18.7 Å². The van der Waals surface area contributed by atoms with Gasteiger partial charge in [0.25, 0.3) is 5.91 Å². The summed E-state index contributed by atoms with van der Waals surface area (Å²) < 4.78 is 10.8. The number of methoxy groups -OCH3 is 1. The van der Waals surface area contributed by atoms with E-state index in [2.05, 4.69) is 10.3 Å². The fourth-order valence-corrected chi connectivity index (χ4v) is 3.86. The van der Waals surface area contributed by atoms with E-state index in [1.54, 1.807) is 30.3 Å². The minimum Gasteiger partial charge on any atom is -0.467 e. The lowest BCUT2D eigenvalue weighted by molar-refractivity contribution is -0.143. The molecule has 1 N–H and O–H groups in total. The Hall–Kier alpha value is -3.15. The zero-order valence-corrected chi connectivity index (χ0v) is 16.4. The molecule has 0 aliphatic heterocycles. The summed E-state index contributed by atoms with van der Waals surface area (Å²) >= 11 is 0.